The minimum Gasteiger partial charge on any atom is -0.350 e. The number of aryl methyl sites for hydroxylation is 1. The molecule has 0 atom stereocenters. The lowest BCUT2D eigenvalue weighted by atomic mass is 10.1. The van der Waals surface area contributed by atoms with Crippen LogP contribution >= 0.6 is 0 Å². The SMILES string of the molecule is Cc1c(C(=O)NCc2ccncc2)[nH]c2ccccc12. The van der Waals surface area contributed by atoms with E-state index in [1.54, 1.807) is 12.4 Å². The van der Waals surface area contributed by atoms with Crippen molar-refractivity contribution in [1.29, 1.82) is 0 Å². The van der Waals surface area contributed by atoms with E-state index < -0.39 is 0 Å². The molecule has 100 valence electrons. The lowest BCUT2D eigenvalue weighted by Crippen LogP contribution is -2.23. The lowest BCUT2D eigenvalue weighted by Gasteiger charge is -2.04. The quantitative estimate of drug-likeness (QED) is 0.765. The summed E-state index contributed by atoms with van der Waals surface area (Å²) in [4.78, 5) is 19.4. The van der Waals surface area contributed by atoms with Gasteiger partial charge in [0.2, 0.25) is 0 Å². The van der Waals surface area contributed by atoms with Gasteiger partial charge in [-0.3, -0.25) is 9.78 Å². The molecule has 0 spiro atoms. The van der Waals surface area contributed by atoms with Gasteiger partial charge in [-0.05, 0) is 36.2 Å². The second kappa shape index (κ2) is 5.17. The smallest absolute Gasteiger partial charge is 0.268 e. The lowest BCUT2D eigenvalue weighted by molar-refractivity contribution is 0.0946. The first kappa shape index (κ1) is 12.4. The van der Waals surface area contributed by atoms with Gasteiger partial charge in [-0.2, -0.15) is 0 Å². The number of hydrogen-bond donors (Lipinski definition) is 2. The molecule has 0 aliphatic rings. The average Bonchev–Trinajstić information content (AvgIpc) is 2.84. The summed E-state index contributed by atoms with van der Waals surface area (Å²) < 4.78 is 0. The van der Waals surface area contributed by atoms with E-state index in [2.05, 4.69) is 15.3 Å². The summed E-state index contributed by atoms with van der Waals surface area (Å²) in [6.07, 6.45) is 3.44. The van der Waals surface area contributed by atoms with Crippen molar-refractivity contribution < 1.29 is 4.79 Å². The molecule has 3 rings (SSSR count). The Morgan fingerprint density at radius 1 is 1.20 bits per heavy atom. The third kappa shape index (κ3) is 2.28. The topological polar surface area (TPSA) is 57.8 Å². The number of fused-ring (bicyclic) bond motifs is 1. The van der Waals surface area contributed by atoms with Crippen LogP contribution in [0, 0.1) is 6.92 Å². The number of carbonyl (C=O) groups excluding carboxylic acids is 1. The van der Waals surface area contributed by atoms with Crippen LogP contribution in [0.2, 0.25) is 0 Å². The summed E-state index contributed by atoms with van der Waals surface area (Å²) >= 11 is 0. The fourth-order valence-corrected chi connectivity index (χ4v) is 2.28. The van der Waals surface area contributed by atoms with Gasteiger partial charge in [0.1, 0.15) is 5.69 Å². The Morgan fingerprint density at radius 3 is 2.70 bits per heavy atom. The van der Waals surface area contributed by atoms with E-state index in [1.807, 2.05) is 43.3 Å². The monoisotopic (exact) mass is 265 g/mol. The van der Waals surface area contributed by atoms with Crippen molar-refractivity contribution in [2.75, 3.05) is 0 Å². The highest BCUT2D eigenvalue weighted by atomic mass is 16.1. The van der Waals surface area contributed by atoms with E-state index in [1.165, 1.54) is 0 Å². The van der Waals surface area contributed by atoms with Crippen LogP contribution in [0.15, 0.2) is 48.8 Å². The van der Waals surface area contributed by atoms with Gasteiger partial charge in [0.25, 0.3) is 5.91 Å². The third-order valence-corrected chi connectivity index (χ3v) is 3.40. The summed E-state index contributed by atoms with van der Waals surface area (Å²) in [5.41, 5.74) is 3.62. The van der Waals surface area contributed by atoms with Crippen LogP contribution in [-0.4, -0.2) is 15.9 Å². The summed E-state index contributed by atoms with van der Waals surface area (Å²) in [5.74, 6) is -0.0875. The Labute approximate surface area is 116 Å². The Morgan fingerprint density at radius 2 is 1.95 bits per heavy atom. The zero-order valence-corrected chi connectivity index (χ0v) is 11.2. The molecule has 1 aromatic carbocycles. The summed E-state index contributed by atoms with van der Waals surface area (Å²) in [7, 11) is 0. The number of aromatic amines is 1. The molecule has 4 heteroatoms. The number of aromatic nitrogens is 2. The second-order valence-corrected chi connectivity index (χ2v) is 4.71. The molecule has 0 saturated carbocycles. The van der Waals surface area contributed by atoms with Crippen LogP contribution in [0.3, 0.4) is 0 Å². The molecule has 4 nitrogen and oxygen atoms in total. The Balaban J connectivity index is 1.81. The van der Waals surface area contributed by atoms with Gasteiger partial charge < -0.3 is 10.3 Å². The number of nitrogens with zero attached hydrogens (tertiary/aromatic N) is 1. The zero-order chi connectivity index (χ0) is 13.9. The molecule has 20 heavy (non-hydrogen) atoms. The van der Waals surface area contributed by atoms with Gasteiger partial charge in [-0.15, -0.1) is 0 Å². The molecular weight excluding hydrogens is 250 g/mol. The van der Waals surface area contributed by atoms with Crippen molar-refractivity contribution in [3.05, 3.63) is 65.6 Å². The summed E-state index contributed by atoms with van der Waals surface area (Å²) in [6.45, 7) is 2.45. The van der Waals surface area contributed by atoms with Crippen LogP contribution in [0.1, 0.15) is 21.6 Å². The van der Waals surface area contributed by atoms with Gasteiger partial charge in [0.15, 0.2) is 0 Å². The number of amides is 1. The predicted molar refractivity (Wildman–Crippen MR) is 78.4 cm³/mol. The maximum absolute atomic E-state index is 12.3. The van der Waals surface area contributed by atoms with Gasteiger partial charge in [0, 0.05) is 29.8 Å². The number of hydrogen-bond acceptors (Lipinski definition) is 2. The molecular formula is C16H15N3O. The summed E-state index contributed by atoms with van der Waals surface area (Å²) in [6, 6.07) is 11.7. The van der Waals surface area contributed by atoms with Crippen LogP contribution in [0.4, 0.5) is 0 Å². The van der Waals surface area contributed by atoms with Gasteiger partial charge in [-0.1, -0.05) is 18.2 Å². The first-order chi connectivity index (χ1) is 9.75. The van der Waals surface area contributed by atoms with Crippen molar-refractivity contribution in [2.24, 2.45) is 0 Å². The number of nitrogens with one attached hydrogen (secondary N) is 2. The minimum absolute atomic E-state index is 0.0875. The maximum atomic E-state index is 12.3. The fourth-order valence-electron chi connectivity index (χ4n) is 2.28. The largest absolute Gasteiger partial charge is 0.350 e. The Bertz CT molecular complexity index is 747. The number of para-hydroxylation sites is 1. The van der Waals surface area contributed by atoms with Crippen molar-refractivity contribution >= 4 is 16.8 Å². The van der Waals surface area contributed by atoms with E-state index in [4.69, 9.17) is 0 Å². The molecule has 2 aromatic heterocycles. The highest BCUT2D eigenvalue weighted by molar-refractivity contribution is 6.00. The zero-order valence-electron chi connectivity index (χ0n) is 11.2. The van der Waals surface area contributed by atoms with E-state index >= 15 is 0 Å². The molecule has 0 saturated heterocycles. The van der Waals surface area contributed by atoms with Gasteiger partial charge in [-0.25, -0.2) is 0 Å². The third-order valence-electron chi connectivity index (χ3n) is 3.40. The number of benzene rings is 1. The van der Waals surface area contributed by atoms with E-state index in [9.17, 15) is 4.79 Å². The maximum Gasteiger partial charge on any atom is 0.268 e. The molecule has 0 aliphatic heterocycles. The summed E-state index contributed by atoms with van der Waals surface area (Å²) in [5, 5.41) is 4.00. The first-order valence-corrected chi connectivity index (χ1v) is 6.50. The highest BCUT2D eigenvalue weighted by Gasteiger charge is 2.13. The molecule has 0 fully saturated rings. The fraction of sp³-hybridized carbons (Fsp3) is 0.125. The van der Waals surface area contributed by atoms with Gasteiger partial charge in [0.05, 0.1) is 0 Å². The average molecular weight is 265 g/mol. The molecule has 3 aromatic rings. The van der Waals surface area contributed by atoms with E-state index in [-0.39, 0.29) is 5.91 Å². The number of H-pyrrole nitrogens is 1. The van der Waals surface area contributed by atoms with Crippen LogP contribution in [0.25, 0.3) is 10.9 Å². The predicted octanol–water partition coefficient (Wildman–Crippen LogP) is 2.80. The van der Waals surface area contributed by atoms with Crippen molar-refractivity contribution in [2.45, 2.75) is 13.5 Å². The van der Waals surface area contributed by atoms with Crippen LogP contribution in [0.5, 0.6) is 0 Å². The van der Waals surface area contributed by atoms with E-state index in [0.29, 0.717) is 12.2 Å². The number of rotatable bonds is 3. The van der Waals surface area contributed by atoms with Crippen molar-refractivity contribution in [3.8, 4) is 0 Å². The van der Waals surface area contributed by atoms with Crippen molar-refractivity contribution in [1.82, 2.24) is 15.3 Å². The highest BCUT2D eigenvalue weighted by Crippen LogP contribution is 2.21. The van der Waals surface area contributed by atoms with Crippen LogP contribution in [-0.2, 0) is 6.54 Å². The Kier molecular flexibility index (Phi) is 3.21. The molecule has 0 bridgehead atoms. The Hall–Kier alpha value is -2.62. The number of carbonyl (C=O) groups is 1. The molecule has 2 heterocycles. The minimum atomic E-state index is -0.0875. The van der Waals surface area contributed by atoms with Gasteiger partial charge >= 0.3 is 0 Å². The molecule has 0 aliphatic carbocycles. The van der Waals surface area contributed by atoms with E-state index in [0.717, 1.165) is 22.0 Å². The normalized spacial score (nSPS) is 10.7. The second-order valence-electron chi connectivity index (χ2n) is 4.71. The standard InChI is InChI=1S/C16H15N3O/c1-11-13-4-2-3-5-14(13)19-15(11)16(20)18-10-12-6-8-17-9-7-12/h2-9,19H,10H2,1H3,(H,18,20). The van der Waals surface area contributed by atoms with Crippen LogP contribution < -0.4 is 5.32 Å². The van der Waals surface area contributed by atoms with Crippen molar-refractivity contribution in [3.63, 3.8) is 0 Å². The number of pyridine rings is 1. The molecule has 2 N–H and O–H groups in total. The molecule has 1 amide bonds. The molecule has 0 radical (unpaired) electrons. The first-order valence-electron chi connectivity index (χ1n) is 6.50. The molecule has 0 unspecified atom stereocenters.